The van der Waals surface area contributed by atoms with E-state index in [4.69, 9.17) is 0 Å². The summed E-state index contributed by atoms with van der Waals surface area (Å²) in [6.07, 6.45) is 0. The minimum atomic E-state index is -0.201. The van der Waals surface area contributed by atoms with Crippen LogP contribution in [-0.2, 0) is 5.54 Å². The summed E-state index contributed by atoms with van der Waals surface area (Å²) < 4.78 is 3.43. The maximum atomic E-state index is 4.33. The van der Waals surface area contributed by atoms with E-state index < -0.39 is 0 Å². The number of aromatic nitrogens is 3. The Morgan fingerprint density at radius 1 is 1.22 bits per heavy atom. The van der Waals surface area contributed by atoms with Crippen LogP contribution >= 0.6 is 22.6 Å². The molecule has 0 aliphatic carbocycles. The number of hydrogen-bond donors (Lipinski definition) is 1. The molecule has 0 saturated heterocycles. The summed E-state index contributed by atoms with van der Waals surface area (Å²) in [6.45, 7) is 8.40. The third-order valence-electron chi connectivity index (χ3n) is 3.42. The number of halogens is 1. The molecule has 0 fully saturated rings. The zero-order chi connectivity index (χ0) is 13.1. The Morgan fingerprint density at radius 2 is 1.94 bits per heavy atom. The Hall–Kier alpha value is -1.11. The molecule has 0 amide bonds. The van der Waals surface area contributed by atoms with E-state index >= 15 is 0 Å². The van der Waals surface area contributed by atoms with Crippen LogP contribution in [0.15, 0.2) is 12.1 Å². The van der Waals surface area contributed by atoms with Gasteiger partial charge in [-0.1, -0.05) is 0 Å². The molecule has 2 heterocycles. The minimum Gasteiger partial charge on any atom is -0.371 e. The molecule has 1 N–H and O–H groups in total. The smallest absolute Gasteiger partial charge is 0.162 e. The van der Waals surface area contributed by atoms with Crippen molar-refractivity contribution < 1.29 is 0 Å². The molecule has 0 spiro atoms. The molecule has 2 aromatic rings. The highest BCUT2D eigenvalue weighted by Crippen LogP contribution is 2.39. The van der Waals surface area contributed by atoms with Crippen LogP contribution in [0.1, 0.15) is 31.1 Å². The summed E-state index contributed by atoms with van der Waals surface area (Å²) in [5.74, 6) is 1.91. The van der Waals surface area contributed by atoms with E-state index in [1.807, 2.05) is 6.92 Å². The topological polar surface area (TPSA) is 42.7 Å². The highest BCUT2D eigenvalue weighted by atomic mass is 127. The van der Waals surface area contributed by atoms with Crippen molar-refractivity contribution in [3.05, 3.63) is 32.9 Å². The summed E-state index contributed by atoms with van der Waals surface area (Å²) in [7, 11) is 0. The number of benzene rings is 1. The Balaban J connectivity index is 2.40. The van der Waals surface area contributed by atoms with Crippen molar-refractivity contribution in [3.8, 4) is 5.69 Å². The van der Waals surface area contributed by atoms with Crippen LogP contribution in [-0.4, -0.2) is 14.8 Å². The molecule has 4 nitrogen and oxygen atoms in total. The first kappa shape index (κ1) is 12.0. The van der Waals surface area contributed by atoms with Crippen LogP contribution in [0.2, 0.25) is 0 Å². The normalized spacial score (nSPS) is 15.8. The number of nitrogens with zero attached hydrogens (tertiary/aromatic N) is 3. The SMILES string of the molecule is Cc1c(I)ccc2c1-n1c(C)nnc1C(C)(C)N2. The maximum Gasteiger partial charge on any atom is 0.162 e. The van der Waals surface area contributed by atoms with Crippen molar-refractivity contribution in [1.29, 1.82) is 0 Å². The summed E-state index contributed by atoms with van der Waals surface area (Å²) in [4.78, 5) is 0. The summed E-state index contributed by atoms with van der Waals surface area (Å²) in [5, 5.41) is 12.1. The molecule has 1 aromatic carbocycles. The lowest BCUT2D eigenvalue weighted by atomic mass is 9.98. The van der Waals surface area contributed by atoms with Gasteiger partial charge >= 0.3 is 0 Å². The molecule has 0 unspecified atom stereocenters. The molecule has 0 radical (unpaired) electrons. The fraction of sp³-hybridized carbons (Fsp3) is 0.385. The Kier molecular flexibility index (Phi) is 2.45. The van der Waals surface area contributed by atoms with Gasteiger partial charge in [0.25, 0.3) is 0 Å². The standard InChI is InChI=1S/C13H15IN4/c1-7-9(14)5-6-10-11(7)18-8(2)16-17-12(18)13(3,4)15-10/h5-6,15H,1-4H3. The number of hydrogen-bond acceptors (Lipinski definition) is 3. The molecule has 1 aliphatic rings. The number of rotatable bonds is 0. The molecular formula is C13H15IN4. The van der Waals surface area contributed by atoms with Crippen LogP contribution in [0, 0.1) is 17.4 Å². The van der Waals surface area contributed by atoms with Crippen molar-refractivity contribution in [3.63, 3.8) is 0 Å². The lowest BCUT2D eigenvalue weighted by Crippen LogP contribution is -2.36. The first-order valence-electron chi connectivity index (χ1n) is 5.92. The van der Waals surface area contributed by atoms with Gasteiger partial charge < -0.3 is 5.32 Å². The van der Waals surface area contributed by atoms with Crippen LogP contribution in [0.25, 0.3) is 5.69 Å². The van der Waals surface area contributed by atoms with Crippen LogP contribution in [0.3, 0.4) is 0 Å². The van der Waals surface area contributed by atoms with Gasteiger partial charge in [0, 0.05) is 3.57 Å². The number of aryl methyl sites for hydroxylation is 1. The zero-order valence-corrected chi connectivity index (χ0v) is 13.0. The van der Waals surface area contributed by atoms with Crippen molar-refractivity contribution in [2.24, 2.45) is 0 Å². The first-order chi connectivity index (χ1) is 8.42. The minimum absolute atomic E-state index is 0.201. The van der Waals surface area contributed by atoms with Gasteiger partial charge in [-0.25, -0.2) is 0 Å². The third-order valence-corrected chi connectivity index (χ3v) is 4.59. The predicted octanol–water partition coefficient (Wildman–Crippen LogP) is 3.15. The van der Waals surface area contributed by atoms with Gasteiger partial charge in [0.1, 0.15) is 5.82 Å². The van der Waals surface area contributed by atoms with Gasteiger partial charge in [-0.3, -0.25) is 4.57 Å². The van der Waals surface area contributed by atoms with Crippen LogP contribution in [0.4, 0.5) is 5.69 Å². The van der Waals surface area contributed by atoms with E-state index in [2.05, 4.69) is 75.6 Å². The maximum absolute atomic E-state index is 4.33. The van der Waals surface area contributed by atoms with E-state index in [1.165, 1.54) is 14.8 Å². The largest absolute Gasteiger partial charge is 0.371 e. The molecule has 18 heavy (non-hydrogen) atoms. The lowest BCUT2D eigenvalue weighted by Gasteiger charge is -2.34. The first-order valence-corrected chi connectivity index (χ1v) is 7.00. The zero-order valence-electron chi connectivity index (χ0n) is 10.9. The Bertz CT molecular complexity index is 643. The van der Waals surface area contributed by atoms with Crippen molar-refractivity contribution >= 4 is 28.3 Å². The van der Waals surface area contributed by atoms with Gasteiger partial charge in [-0.2, -0.15) is 0 Å². The van der Waals surface area contributed by atoms with Crippen molar-refractivity contribution in [1.82, 2.24) is 14.8 Å². The van der Waals surface area contributed by atoms with Crippen LogP contribution in [0.5, 0.6) is 0 Å². The fourth-order valence-electron chi connectivity index (χ4n) is 2.49. The monoisotopic (exact) mass is 354 g/mol. The van der Waals surface area contributed by atoms with E-state index in [-0.39, 0.29) is 5.54 Å². The number of fused-ring (bicyclic) bond motifs is 3. The molecule has 94 valence electrons. The van der Waals surface area contributed by atoms with Gasteiger partial charge in [-0.05, 0) is 68.0 Å². The van der Waals surface area contributed by atoms with Crippen LogP contribution < -0.4 is 5.32 Å². The molecule has 0 saturated carbocycles. The molecule has 5 heteroatoms. The molecule has 3 rings (SSSR count). The third kappa shape index (κ3) is 1.49. The second kappa shape index (κ2) is 3.69. The molecule has 0 bridgehead atoms. The van der Waals surface area contributed by atoms with Gasteiger partial charge in [0.05, 0.1) is 16.9 Å². The van der Waals surface area contributed by atoms with Gasteiger partial charge in [0.2, 0.25) is 0 Å². The number of nitrogens with one attached hydrogen (secondary N) is 1. The average molecular weight is 354 g/mol. The molecule has 1 aliphatic heterocycles. The second-order valence-corrected chi connectivity index (χ2v) is 6.39. The lowest BCUT2D eigenvalue weighted by molar-refractivity contribution is 0.534. The summed E-state index contributed by atoms with van der Waals surface area (Å²) in [6, 6.07) is 4.27. The van der Waals surface area contributed by atoms with Crippen molar-refractivity contribution in [2.45, 2.75) is 33.2 Å². The van der Waals surface area contributed by atoms with E-state index in [0.717, 1.165) is 17.3 Å². The average Bonchev–Trinajstić information content (AvgIpc) is 2.67. The summed E-state index contributed by atoms with van der Waals surface area (Å²) >= 11 is 2.37. The molecular weight excluding hydrogens is 339 g/mol. The summed E-state index contributed by atoms with van der Waals surface area (Å²) in [5.41, 5.74) is 3.39. The van der Waals surface area contributed by atoms with Crippen molar-refractivity contribution in [2.75, 3.05) is 5.32 Å². The Labute approximate surface area is 120 Å². The van der Waals surface area contributed by atoms with Gasteiger partial charge in [-0.15, -0.1) is 10.2 Å². The Morgan fingerprint density at radius 3 is 2.67 bits per heavy atom. The molecule has 0 atom stereocenters. The van der Waals surface area contributed by atoms with E-state index in [9.17, 15) is 0 Å². The second-order valence-electron chi connectivity index (χ2n) is 5.22. The van der Waals surface area contributed by atoms with E-state index in [1.54, 1.807) is 0 Å². The quantitative estimate of drug-likeness (QED) is 0.739. The molecule has 1 aromatic heterocycles. The highest BCUT2D eigenvalue weighted by molar-refractivity contribution is 14.1. The van der Waals surface area contributed by atoms with Gasteiger partial charge in [0.15, 0.2) is 5.82 Å². The number of anilines is 1. The fourth-order valence-corrected chi connectivity index (χ4v) is 2.93. The van der Waals surface area contributed by atoms with E-state index in [0.29, 0.717) is 0 Å². The highest BCUT2D eigenvalue weighted by Gasteiger charge is 2.34. The predicted molar refractivity (Wildman–Crippen MR) is 80.2 cm³/mol.